The van der Waals surface area contributed by atoms with Gasteiger partial charge in [0.25, 0.3) is 0 Å². The van der Waals surface area contributed by atoms with Gasteiger partial charge in [0.1, 0.15) is 24.2 Å². The summed E-state index contributed by atoms with van der Waals surface area (Å²) in [4.78, 5) is 17.6. The Morgan fingerprint density at radius 2 is 2.03 bits per heavy atom. The van der Waals surface area contributed by atoms with Gasteiger partial charge in [-0.15, -0.1) is 11.3 Å². The third-order valence-electron chi connectivity index (χ3n) is 6.02. The van der Waals surface area contributed by atoms with Crippen molar-refractivity contribution in [3.8, 4) is 5.75 Å². The van der Waals surface area contributed by atoms with Gasteiger partial charge in [-0.25, -0.2) is 9.48 Å². The highest BCUT2D eigenvalue weighted by Gasteiger charge is 2.41. The first-order valence-electron chi connectivity index (χ1n) is 10.5. The lowest BCUT2D eigenvalue weighted by Crippen LogP contribution is -2.32. The van der Waals surface area contributed by atoms with Crippen LogP contribution in [0.5, 0.6) is 5.75 Å². The molecule has 1 N–H and O–H groups in total. The first kappa shape index (κ1) is 19.8. The van der Waals surface area contributed by atoms with Gasteiger partial charge < -0.3 is 14.8 Å². The van der Waals surface area contributed by atoms with Crippen LogP contribution in [-0.2, 0) is 4.74 Å². The molecule has 4 heterocycles. The first-order valence-corrected chi connectivity index (χ1v) is 11.4. The van der Waals surface area contributed by atoms with E-state index in [1.165, 1.54) is 7.11 Å². The summed E-state index contributed by atoms with van der Waals surface area (Å²) in [6.45, 7) is 2.07. The van der Waals surface area contributed by atoms with Crippen molar-refractivity contribution in [3.05, 3.63) is 99.0 Å². The highest BCUT2D eigenvalue weighted by atomic mass is 32.1. The van der Waals surface area contributed by atoms with Crippen molar-refractivity contribution in [2.24, 2.45) is 0 Å². The maximum atomic E-state index is 11.9. The number of aryl methyl sites for hydroxylation is 1. The van der Waals surface area contributed by atoms with E-state index in [0.29, 0.717) is 11.5 Å². The van der Waals surface area contributed by atoms with E-state index in [0.717, 1.165) is 38.6 Å². The van der Waals surface area contributed by atoms with Crippen molar-refractivity contribution in [1.82, 2.24) is 14.8 Å². The highest BCUT2D eigenvalue weighted by molar-refractivity contribution is 7.10. The maximum absolute atomic E-state index is 11.9. The number of ether oxygens (including phenoxy) is 2. The molecule has 8 heteroatoms. The van der Waals surface area contributed by atoms with Crippen molar-refractivity contribution in [2.45, 2.75) is 19.1 Å². The van der Waals surface area contributed by atoms with E-state index < -0.39 is 0 Å². The molecule has 0 bridgehead atoms. The molecule has 0 amide bonds. The lowest BCUT2D eigenvalue weighted by molar-refractivity contribution is 0.0600. The van der Waals surface area contributed by atoms with Crippen molar-refractivity contribution in [1.29, 1.82) is 0 Å². The molecule has 0 radical (unpaired) electrons. The Labute approximate surface area is 194 Å². The molecule has 2 aromatic heterocycles. The first-order chi connectivity index (χ1) is 16.1. The number of hydrogen-bond donors (Lipinski definition) is 1. The molecular weight excluding hydrogens is 436 g/mol. The lowest BCUT2D eigenvalue weighted by Gasteiger charge is -2.38. The average molecular weight is 457 g/mol. The molecule has 0 saturated heterocycles. The van der Waals surface area contributed by atoms with Crippen molar-refractivity contribution in [2.75, 3.05) is 12.4 Å². The summed E-state index contributed by atoms with van der Waals surface area (Å²) in [6, 6.07) is 17.5. The molecule has 7 nitrogen and oxygen atoms in total. The Morgan fingerprint density at radius 1 is 1.18 bits per heavy atom. The average Bonchev–Trinajstić information content (AvgIpc) is 3.54. The van der Waals surface area contributed by atoms with Gasteiger partial charge >= 0.3 is 5.97 Å². The number of nitrogens with zero attached hydrogens (tertiary/aromatic N) is 3. The summed E-state index contributed by atoms with van der Waals surface area (Å²) >= 11 is 1.68. The molecule has 6 rings (SSSR count). The lowest BCUT2D eigenvalue weighted by atomic mass is 9.86. The normalized spacial score (nSPS) is 18.5. The molecular formula is C25H20N4O3S. The van der Waals surface area contributed by atoms with Gasteiger partial charge in [0, 0.05) is 16.0 Å². The van der Waals surface area contributed by atoms with E-state index in [1.54, 1.807) is 29.8 Å². The third-order valence-corrected chi connectivity index (χ3v) is 6.94. The molecule has 0 spiro atoms. The molecule has 2 aliphatic heterocycles. The summed E-state index contributed by atoms with van der Waals surface area (Å²) in [5.74, 6) is 1.13. The molecule has 164 valence electrons. The van der Waals surface area contributed by atoms with E-state index >= 15 is 0 Å². The largest absolute Gasteiger partial charge is 0.480 e. The van der Waals surface area contributed by atoms with Crippen molar-refractivity contribution in [3.63, 3.8) is 0 Å². The van der Waals surface area contributed by atoms with Crippen LogP contribution in [0.2, 0.25) is 0 Å². The molecule has 2 aromatic carbocycles. The minimum Gasteiger partial charge on any atom is -0.480 e. The van der Waals surface area contributed by atoms with Gasteiger partial charge in [-0.2, -0.15) is 10.1 Å². The van der Waals surface area contributed by atoms with E-state index in [-0.39, 0.29) is 18.1 Å². The number of methoxy groups -OCH3 is 1. The van der Waals surface area contributed by atoms with Crippen LogP contribution in [0.3, 0.4) is 0 Å². The molecule has 0 aliphatic carbocycles. The summed E-state index contributed by atoms with van der Waals surface area (Å²) < 4.78 is 13.4. The predicted molar refractivity (Wildman–Crippen MR) is 125 cm³/mol. The Morgan fingerprint density at radius 3 is 2.79 bits per heavy atom. The van der Waals surface area contributed by atoms with Crippen molar-refractivity contribution >= 4 is 29.0 Å². The number of carbonyl (C=O) groups excluding carboxylic acids is 1. The molecule has 2 atom stereocenters. The zero-order valence-electron chi connectivity index (χ0n) is 18.0. The summed E-state index contributed by atoms with van der Waals surface area (Å²) in [7, 11) is 1.38. The van der Waals surface area contributed by atoms with Crippen LogP contribution in [0.15, 0.2) is 71.9 Å². The second-order valence-electron chi connectivity index (χ2n) is 8.01. The van der Waals surface area contributed by atoms with Gasteiger partial charge in [-0.3, -0.25) is 0 Å². The summed E-state index contributed by atoms with van der Waals surface area (Å²) in [6.07, 6.45) is 1.19. The highest BCUT2D eigenvalue weighted by Crippen LogP contribution is 2.51. The van der Waals surface area contributed by atoms with E-state index in [4.69, 9.17) is 9.47 Å². The third kappa shape index (κ3) is 3.14. The molecule has 33 heavy (non-hydrogen) atoms. The number of anilines is 1. The van der Waals surface area contributed by atoms with Crippen LogP contribution in [0.4, 0.5) is 5.95 Å². The maximum Gasteiger partial charge on any atom is 0.337 e. The SMILES string of the molecule is COC(=O)c1ccc([C@H]2Oc3ccc(C)cc3C3=C2[C@@H](c2cccs2)n2ncnc2N3)cc1. The Hall–Kier alpha value is -3.91. The van der Waals surface area contributed by atoms with Gasteiger partial charge in [0.15, 0.2) is 0 Å². The number of thiophene rings is 1. The Balaban J connectivity index is 1.57. The van der Waals surface area contributed by atoms with E-state index in [1.807, 2.05) is 35.0 Å². The quantitative estimate of drug-likeness (QED) is 0.438. The predicted octanol–water partition coefficient (Wildman–Crippen LogP) is 4.99. The second-order valence-corrected chi connectivity index (χ2v) is 8.99. The zero-order valence-corrected chi connectivity index (χ0v) is 18.8. The smallest absolute Gasteiger partial charge is 0.337 e. The number of benzene rings is 2. The minimum atomic E-state index is -0.376. The van der Waals surface area contributed by atoms with Gasteiger partial charge in [0.2, 0.25) is 5.95 Å². The second kappa shape index (κ2) is 7.60. The van der Waals surface area contributed by atoms with Gasteiger partial charge in [-0.05, 0) is 48.2 Å². The van der Waals surface area contributed by atoms with E-state index in [2.05, 4.69) is 39.8 Å². The molecule has 2 aliphatic rings. The monoisotopic (exact) mass is 456 g/mol. The number of rotatable bonds is 3. The summed E-state index contributed by atoms with van der Waals surface area (Å²) in [5, 5.41) is 10.1. The standard InChI is InChI=1S/C25H20N4O3S/c1-14-5-10-18-17(12-14)21-20(23(32-18)15-6-8-16(9-7-15)24(30)31-2)22(19-4-3-11-33-19)29-25(28-21)26-13-27-29/h3-13,22-23H,1-2H3,(H,26,27,28)/t22-,23-/m1/s1. The van der Waals surface area contributed by atoms with Crippen LogP contribution in [-0.4, -0.2) is 27.8 Å². The fourth-order valence-corrected chi connectivity index (χ4v) is 5.32. The molecule has 0 saturated carbocycles. The Bertz CT molecular complexity index is 1390. The number of fused-ring (bicyclic) bond motifs is 3. The number of esters is 1. The number of carbonyl (C=O) groups is 1. The number of aromatic nitrogens is 3. The van der Waals surface area contributed by atoms with Crippen LogP contribution < -0.4 is 10.1 Å². The van der Waals surface area contributed by atoms with E-state index in [9.17, 15) is 4.79 Å². The van der Waals surface area contributed by atoms with Crippen LogP contribution in [0.1, 0.15) is 44.1 Å². The van der Waals surface area contributed by atoms with Gasteiger partial charge in [0.05, 0.1) is 18.4 Å². The fraction of sp³-hybridized carbons (Fsp3) is 0.160. The van der Waals surface area contributed by atoms with Gasteiger partial charge in [-0.1, -0.05) is 29.8 Å². The Kier molecular flexibility index (Phi) is 4.55. The van der Waals surface area contributed by atoms with Crippen LogP contribution >= 0.6 is 11.3 Å². The minimum absolute atomic E-state index is 0.169. The number of hydrogen-bond acceptors (Lipinski definition) is 7. The topological polar surface area (TPSA) is 78.3 Å². The fourth-order valence-electron chi connectivity index (χ4n) is 4.49. The number of nitrogens with one attached hydrogen (secondary N) is 1. The summed E-state index contributed by atoms with van der Waals surface area (Å²) in [5.41, 5.74) is 5.63. The van der Waals surface area contributed by atoms with Crippen molar-refractivity contribution < 1.29 is 14.3 Å². The van der Waals surface area contributed by atoms with Crippen LogP contribution in [0.25, 0.3) is 5.70 Å². The zero-order chi connectivity index (χ0) is 22.5. The van der Waals surface area contributed by atoms with Crippen LogP contribution in [0, 0.1) is 6.92 Å². The molecule has 0 fully saturated rings. The molecule has 0 unspecified atom stereocenters. The molecule has 4 aromatic rings.